The van der Waals surface area contributed by atoms with Gasteiger partial charge in [0.25, 0.3) is 5.56 Å². The molecule has 0 radical (unpaired) electrons. The Morgan fingerprint density at radius 3 is 2.81 bits per heavy atom. The molecule has 26 heavy (non-hydrogen) atoms. The van der Waals surface area contributed by atoms with Crippen LogP contribution in [-0.2, 0) is 6.54 Å². The molecule has 9 heteroatoms. The molecule has 1 aliphatic heterocycles. The molecule has 0 saturated carbocycles. The highest BCUT2D eigenvalue weighted by Gasteiger charge is 2.19. The van der Waals surface area contributed by atoms with Gasteiger partial charge in [0.1, 0.15) is 11.6 Å². The van der Waals surface area contributed by atoms with Crippen LogP contribution in [0.3, 0.4) is 0 Å². The van der Waals surface area contributed by atoms with Crippen molar-refractivity contribution in [2.24, 2.45) is 5.10 Å². The molecule has 0 bridgehead atoms. The lowest BCUT2D eigenvalue weighted by Crippen LogP contribution is -2.31. The third kappa shape index (κ3) is 3.52. The Morgan fingerprint density at radius 2 is 2.15 bits per heavy atom. The van der Waals surface area contributed by atoms with E-state index in [1.165, 1.54) is 22.8 Å². The molecule has 2 heterocycles. The van der Waals surface area contributed by atoms with Gasteiger partial charge in [0.2, 0.25) is 5.75 Å². The number of nitrogens with zero attached hydrogens (tertiary/aromatic N) is 4. The summed E-state index contributed by atoms with van der Waals surface area (Å²) in [6.45, 7) is 3.99. The van der Waals surface area contributed by atoms with Gasteiger partial charge in [-0.15, -0.1) is 0 Å². The number of hydrazone groups is 1. The Hall–Kier alpha value is -2.95. The van der Waals surface area contributed by atoms with Crippen LogP contribution in [0, 0.1) is 11.3 Å². The summed E-state index contributed by atoms with van der Waals surface area (Å²) < 4.78 is 7.04. The van der Waals surface area contributed by atoms with E-state index < -0.39 is 5.56 Å². The van der Waals surface area contributed by atoms with E-state index in [2.05, 4.69) is 17.1 Å². The molecule has 0 aliphatic carbocycles. The minimum atomic E-state index is -0.440. The van der Waals surface area contributed by atoms with Crippen LogP contribution in [-0.4, -0.2) is 22.4 Å². The maximum Gasteiger partial charge on any atom is 0.295 e. The second-order valence-electron chi connectivity index (χ2n) is 5.46. The predicted molar refractivity (Wildman–Crippen MR) is 99.4 cm³/mol. The first-order valence-electron chi connectivity index (χ1n) is 7.41. The van der Waals surface area contributed by atoms with Crippen molar-refractivity contribution in [3.05, 3.63) is 68.8 Å². The number of ether oxygens (including phenoxy) is 1. The van der Waals surface area contributed by atoms with Gasteiger partial charge in [0.15, 0.2) is 5.84 Å². The summed E-state index contributed by atoms with van der Waals surface area (Å²) in [6.07, 6.45) is 1.55. The molecular weight excluding hydrogens is 377 g/mol. The second kappa shape index (κ2) is 7.12. The van der Waals surface area contributed by atoms with E-state index >= 15 is 0 Å². The van der Waals surface area contributed by atoms with Crippen LogP contribution in [0.4, 0.5) is 0 Å². The maximum atomic E-state index is 12.7. The van der Waals surface area contributed by atoms with E-state index in [1.54, 1.807) is 24.2 Å². The number of benzene rings is 1. The zero-order valence-electron chi connectivity index (χ0n) is 13.7. The highest BCUT2D eigenvalue weighted by Crippen LogP contribution is 2.28. The molecule has 2 aromatic rings. The number of aromatic nitrogens is 1. The van der Waals surface area contributed by atoms with E-state index in [0.29, 0.717) is 22.2 Å². The first kappa shape index (κ1) is 17.9. The molecule has 0 saturated heterocycles. The van der Waals surface area contributed by atoms with Crippen molar-refractivity contribution in [1.82, 2.24) is 14.9 Å². The number of nitriles is 1. The first-order valence-corrected chi connectivity index (χ1v) is 8.17. The van der Waals surface area contributed by atoms with E-state index in [1.807, 2.05) is 6.07 Å². The summed E-state index contributed by atoms with van der Waals surface area (Å²) in [5.41, 5.74) is 2.62. The van der Waals surface area contributed by atoms with Crippen LogP contribution in [0.25, 0.3) is 0 Å². The molecule has 1 aromatic heterocycles. The minimum Gasteiger partial charge on any atom is -0.450 e. The van der Waals surface area contributed by atoms with Crippen LogP contribution in [0.5, 0.6) is 11.5 Å². The summed E-state index contributed by atoms with van der Waals surface area (Å²) in [4.78, 5) is 14.5. The van der Waals surface area contributed by atoms with Crippen LogP contribution in [0.1, 0.15) is 5.56 Å². The SMILES string of the molecule is C=C1NN=C(Cn2ccc(Cl)c(Oc3cc(Cl)cc(C#N)c3)c2=O)N1C. The lowest BCUT2D eigenvalue weighted by atomic mass is 10.2. The van der Waals surface area contributed by atoms with Gasteiger partial charge >= 0.3 is 0 Å². The fraction of sp³-hybridized carbons (Fsp3) is 0.118. The van der Waals surface area contributed by atoms with Crippen molar-refractivity contribution >= 4 is 29.0 Å². The predicted octanol–water partition coefficient (Wildman–Crippen LogP) is 3.14. The molecule has 0 spiro atoms. The smallest absolute Gasteiger partial charge is 0.295 e. The number of nitrogens with one attached hydrogen (secondary N) is 1. The Labute approximate surface area is 159 Å². The third-order valence-corrected chi connectivity index (χ3v) is 4.23. The summed E-state index contributed by atoms with van der Waals surface area (Å²) in [5, 5.41) is 13.6. The molecule has 7 nitrogen and oxygen atoms in total. The van der Waals surface area contributed by atoms with Gasteiger partial charge in [0.05, 0.1) is 23.2 Å². The molecule has 1 aromatic carbocycles. The van der Waals surface area contributed by atoms with Gasteiger partial charge in [-0.25, -0.2) is 0 Å². The Kier molecular flexibility index (Phi) is 4.89. The zero-order valence-corrected chi connectivity index (χ0v) is 15.2. The van der Waals surface area contributed by atoms with Crippen molar-refractivity contribution in [1.29, 1.82) is 5.26 Å². The molecule has 0 fully saturated rings. The third-order valence-electron chi connectivity index (χ3n) is 3.71. The molecule has 132 valence electrons. The Morgan fingerprint density at radius 1 is 1.38 bits per heavy atom. The highest BCUT2D eigenvalue weighted by atomic mass is 35.5. The minimum absolute atomic E-state index is 0.0617. The fourth-order valence-electron chi connectivity index (χ4n) is 2.28. The van der Waals surface area contributed by atoms with Crippen LogP contribution in [0.2, 0.25) is 10.0 Å². The van der Waals surface area contributed by atoms with E-state index in [4.69, 9.17) is 33.2 Å². The topological polar surface area (TPSA) is 82.6 Å². The van der Waals surface area contributed by atoms with Gasteiger partial charge in [0, 0.05) is 18.3 Å². The van der Waals surface area contributed by atoms with Gasteiger partial charge < -0.3 is 14.2 Å². The molecular formula is C17H13Cl2N5O2. The Bertz CT molecular complexity index is 1020. The van der Waals surface area contributed by atoms with E-state index in [9.17, 15) is 4.79 Å². The average Bonchev–Trinajstić information content (AvgIpc) is 2.92. The Balaban J connectivity index is 1.94. The average molecular weight is 390 g/mol. The van der Waals surface area contributed by atoms with Gasteiger partial charge in [-0.2, -0.15) is 10.4 Å². The summed E-state index contributed by atoms with van der Waals surface area (Å²) in [6, 6.07) is 7.99. The van der Waals surface area contributed by atoms with Crippen molar-refractivity contribution < 1.29 is 4.74 Å². The molecule has 0 atom stereocenters. The summed E-state index contributed by atoms with van der Waals surface area (Å²) in [7, 11) is 1.79. The lowest BCUT2D eigenvalue weighted by molar-refractivity contribution is 0.468. The van der Waals surface area contributed by atoms with Crippen LogP contribution >= 0.6 is 23.2 Å². The lowest BCUT2D eigenvalue weighted by Gasteiger charge is -2.15. The molecule has 1 aliphatic rings. The largest absolute Gasteiger partial charge is 0.450 e. The van der Waals surface area contributed by atoms with Gasteiger partial charge in [-0.3, -0.25) is 10.2 Å². The quantitative estimate of drug-likeness (QED) is 0.868. The van der Waals surface area contributed by atoms with Crippen molar-refractivity contribution in [2.75, 3.05) is 7.05 Å². The standard InChI is InChI=1S/C17H13Cl2N5O2/c1-10-21-22-15(23(10)2)9-24-4-3-14(19)16(17(24)25)26-13-6-11(8-20)5-12(18)7-13/h3-7,21H,1,9H2,2H3. The maximum absolute atomic E-state index is 12.7. The molecule has 0 unspecified atom stereocenters. The normalized spacial score (nSPS) is 13.2. The first-order chi connectivity index (χ1) is 12.4. The van der Waals surface area contributed by atoms with Crippen molar-refractivity contribution in [3.63, 3.8) is 0 Å². The summed E-state index contributed by atoms with van der Waals surface area (Å²) >= 11 is 12.1. The van der Waals surface area contributed by atoms with Gasteiger partial charge in [-0.1, -0.05) is 29.8 Å². The zero-order chi connectivity index (χ0) is 18.8. The number of amidine groups is 1. The van der Waals surface area contributed by atoms with E-state index in [0.717, 1.165) is 0 Å². The number of pyridine rings is 1. The second-order valence-corrected chi connectivity index (χ2v) is 6.30. The van der Waals surface area contributed by atoms with Gasteiger partial charge in [-0.05, 0) is 24.3 Å². The van der Waals surface area contributed by atoms with Crippen LogP contribution < -0.4 is 15.7 Å². The highest BCUT2D eigenvalue weighted by molar-refractivity contribution is 6.32. The van der Waals surface area contributed by atoms with Crippen molar-refractivity contribution in [3.8, 4) is 17.6 Å². The number of hydrogen-bond acceptors (Lipinski definition) is 6. The molecule has 3 rings (SSSR count). The fourth-order valence-corrected chi connectivity index (χ4v) is 2.68. The van der Waals surface area contributed by atoms with Crippen molar-refractivity contribution in [2.45, 2.75) is 6.54 Å². The monoisotopic (exact) mass is 389 g/mol. The molecule has 0 amide bonds. The van der Waals surface area contributed by atoms with Crippen LogP contribution in [0.15, 0.2) is 52.8 Å². The van der Waals surface area contributed by atoms with E-state index in [-0.39, 0.29) is 23.1 Å². The number of likely N-dealkylation sites (N-methyl/N-ethyl adjacent to an activating group) is 1. The number of hydrogen-bond donors (Lipinski definition) is 1. The summed E-state index contributed by atoms with van der Waals surface area (Å²) in [5.74, 6) is 1.41. The number of halogens is 2. The number of rotatable bonds is 4. The molecule has 1 N–H and O–H groups in total.